The number of amides is 1. The van der Waals surface area contributed by atoms with Crippen LogP contribution < -0.4 is 5.32 Å². The van der Waals surface area contributed by atoms with Gasteiger partial charge < -0.3 is 10.1 Å². The number of halogens is 4. The first-order valence-electron chi connectivity index (χ1n) is 12.3. The Labute approximate surface area is 228 Å². The number of methoxy groups -OCH3 is 1. The first kappa shape index (κ1) is 27.9. The van der Waals surface area contributed by atoms with Gasteiger partial charge in [-0.15, -0.1) is 0 Å². The Hall–Kier alpha value is -2.67. The lowest BCUT2D eigenvalue weighted by molar-refractivity contribution is -0.163. The van der Waals surface area contributed by atoms with Crippen LogP contribution in [0, 0.1) is 35.2 Å². The van der Waals surface area contributed by atoms with Gasteiger partial charge in [0.25, 0.3) is 5.91 Å². The van der Waals surface area contributed by atoms with Gasteiger partial charge >= 0.3 is 5.97 Å². The van der Waals surface area contributed by atoms with Crippen LogP contribution in [0.25, 0.3) is 0 Å². The van der Waals surface area contributed by atoms with Crippen LogP contribution in [0.4, 0.5) is 18.9 Å². The summed E-state index contributed by atoms with van der Waals surface area (Å²) in [7, 11) is -0.983. The van der Waals surface area contributed by atoms with Crippen LogP contribution in [0.15, 0.2) is 35.2 Å². The summed E-state index contributed by atoms with van der Waals surface area (Å²) in [6.45, 7) is 0.158. The lowest BCUT2D eigenvalue weighted by Gasteiger charge is -2.46. The number of carbonyl (C=O) groups excluding carboxylic acids is 2. The Morgan fingerprint density at radius 3 is 2.31 bits per heavy atom. The average Bonchev–Trinajstić information content (AvgIpc) is 3.35. The minimum atomic E-state index is -4.04. The van der Waals surface area contributed by atoms with Crippen LogP contribution in [0.2, 0.25) is 5.02 Å². The fraction of sp³-hybridized carbons (Fsp3) is 0.462. The third kappa shape index (κ3) is 4.60. The maximum absolute atomic E-state index is 14.0. The zero-order chi connectivity index (χ0) is 28.3. The summed E-state index contributed by atoms with van der Waals surface area (Å²) in [5.41, 5.74) is -1.14. The van der Waals surface area contributed by atoms with E-state index < -0.39 is 55.9 Å². The SMILES string of the molecule is COC(=O)C1CON(C)[C@]12CC1CCC(C2)[C@@H]1S(=O)(=O)c1cc(C(=O)Nc2cc(F)c(F)c(F)c2)ccc1Cl. The maximum atomic E-state index is 14.0. The van der Waals surface area contributed by atoms with Gasteiger partial charge in [-0.25, -0.2) is 21.6 Å². The molecule has 0 aromatic heterocycles. The number of esters is 1. The van der Waals surface area contributed by atoms with Crippen LogP contribution in [0.1, 0.15) is 36.0 Å². The molecule has 5 rings (SSSR count). The first-order valence-corrected chi connectivity index (χ1v) is 14.3. The van der Waals surface area contributed by atoms with Crippen molar-refractivity contribution in [2.45, 2.75) is 41.4 Å². The molecule has 2 aromatic rings. The molecule has 13 heteroatoms. The highest BCUT2D eigenvalue weighted by Crippen LogP contribution is 2.56. The third-order valence-electron chi connectivity index (χ3n) is 8.37. The number of fused-ring (bicyclic) bond motifs is 2. The van der Waals surface area contributed by atoms with E-state index in [1.165, 1.54) is 19.2 Å². The standard InChI is InChI=1S/C26H26ClF3N2O6S/c1-32-26(17(12-38-32)25(34)37-2)10-14-3-4-15(11-26)23(14)39(35,36)21-7-13(5-6-18(21)27)24(33)31-16-8-19(28)22(30)20(29)9-16/h5-9,14-15,17,23H,3-4,10-12H2,1-2H3,(H,31,33)/t14?,15?,17?,23-,26+. The molecule has 3 unspecified atom stereocenters. The molecule has 210 valence electrons. The maximum Gasteiger partial charge on any atom is 0.313 e. The highest BCUT2D eigenvalue weighted by Gasteiger charge is 2.62. The van der Waals surface area contributed by atoms with E-state index in [-0.39, 0.29) is 39.6 Å². The normalized spacial score (nSPS) is 28.6. The number of anilines is 1. The van der Waals surface area contributed by atoms with Crippen LogP contribution in [-0.2, 0) is 24.2 Å². The second kappa shape index (κ2) is 10.1. The summed E-state index contributed by atoms with van der Waals surface area (Å²) in [5.74, 6) is -7.02. The van der Waals surface area contributed by atoms with Crippen molar-refractivity contribution in [3.8, 4) is 0 Å². The molecule has 1 saturated heterocycles. The molecule has 1 amide bonds. The Balaban J connectivity index is 1.43. The molecule has 2 saturated carbocycles. The van der Waals surface area contributed by atoms with Crippen LogP contribution in [0.5, 0.6) is 0 Å². The molecule has 3 atom stereocenters. The number of benzene rings is 2. The summed E-state index contributed by atoms with van der Waals surface area (Å²) < 4.78 is 73.4. The number of carbonyl (C=O) groups is 2. The second-order valence-corrected chi connectivity index (χ2v) is 12.8. The molecule has 1 spiro atoms. The van der Waals surface area contributed by atoms with Gasteiger partial charge in [0.2, 0.25) is 0 Å². The lowest BCUT2D eigenvalue weighted by Crippen LogP contribution is -2.56. The van der Waals surface area contributed by atoms with Crippen LogP contribution >= 0.6 is 11.6 Å². The fourth-order valence-corrected chi connectivity index (χ4v) is 9.42. The molecular weight excluding hydrogens is 561 g/mol. The van der Waals surface area contributed by atoms with Gasteiger partial charge in [-0.1, -0.05) is 11.6 Å². The largest absolute Gasteiger partial charge is 0.469 e. The van der Waals surface area contributed by atoms with Crippen molar-refractivity contribution in [2.75, 3.05) is 26.1 Å². The van der Waals surface area contributed by atoms with E-state index in [0.29, 0.717) is 37.8 Å². The van der Waals surface area contributed by atoms with Gasteiger partial charge in [0.1, 0.15) is 5.92 Å². The average molecular weight is 587 g/mol. The Kier molecular flexibility index (Phi) is 7.19. The second-order valence-electron chi connectivity index (χ2n) is 10.3. The predicted octanol–water partition coefficient (Wildman–Crippen LogP) is 4.38. The van der Waals surface area contributed by atoms with E-state index in [0.717, 1.165) is 6.07 Å². The third-order valence-corrected chi connectivity index (χ3v) is 11.2. The van der Waals surface area contributed by atoms with E-state index in [9.17, 15) is 31.2 Å². The van der Waals surface area contributed by atoms with Crippen molar-refractivity contribution < 1.29 is 40.8 Å². The van der Waals surface area contributed by atoms with Gasteiger partial charge in [0, 0.05) is 30.4 Å². The molecule has 2 bridgehead atoms. The zero-order valence-electron chi connectivity index (χ0n) is 21.0. The number of rotatable bonds is 5. The van der Waals surface area contributed by atoms with Crippen molar-refractivity contribution in [3.63, 3.8) is 0 Å². The fourth-order valence-electron chi connectivity index (χ4n) is 6.58. The highest BCUT2D eigenvalue weighted by atomic mass is 35.5. The molecule has 1 N–H and O–H groups in total. The molecule has 8 nitrogen and oxygen atoms in total. The minimum Gasteiger partial charge on any atom is -0.469 e. The Morgan fingerprint density at radius 1 is 1.10 bits per heavy atom. The van der Waals surface area contributed by atoms with E-state index in [1.807, 2.05) is 0 Å². The van der Waals surface area contributed by atoms with E-state index in [2.05, 4.69) is 5.32 Å². The van der Waals surface area contributed by atoms with Crippen LogP contribution in [-0.4, -0.2) is 56.9 Å². The number of hydroxylamine groups is 2. The summed E-state index contributed by atoms with van der Waals surface area (Å²) in [4.78, 5) is 30.8. The number of nitrogens with one attached hydrogen (secondary N) is 1. The van der Waals surface area contributed by atoms with Crippen molar-refractivity contribution >= 4 is 39.0 Å². The van der Waals surface area contributed by atoms with Gasteiger partial charge in [-0.3, -0.25) is 14.4 Å². The Bertz CT molecular complexity index is 1420. The number of sulfone groups is 1. The Morgan fingerprint density at radius 2 is 1.72 bits per heavy atom. The number of hydrogen-bond donors (Lipinski definition) is 1. The van der Waals surface area contributed by atoms with Gasteiger partial charge in [0.05, 0.1) is 34.4 Å². The predicted molar refractivity (Wildman–Crippen MR) is 134 cm³/mol. The summed E-state index contributed by atoms with van der Waals surface area (Å²) >= 11 is 6.33. The lowest BCUT2D eigenvalue weighted by atomic mass is 9.68. The van der Waals surface area contributed by atoms with Crippen molar-refractivity contribution in [1.82, 2.24) is 5.06 Å². The van der Waals surface area contributed by atoms with Gasteiger partial charge in [-0.2, -0.15) is 5.06 Å². The summed E-state index contributed by atoms with van der Waals surface area (Å²) in [6, 6.07) is 4.92. The summed E-state index contributed by atoms with van der Waals surface area (Å²) in [6.07, 6.45) is 2.08. The number of nitrogens with zero attached hydrogens (tertiary/aromatic N) is 1. The van der Waals surface area contributed by atoms with Gasteiger partial charge in [-0.05, 0) is 55.7 Å². The molecular formula is C26H26ClF3N2O6S. The molecule has 1 aliphatic heterocycles. The topological polar surface area (TPSA) is 102 Å². The number of hydrogen-bond acceptors (Lipinski definition) is 7. The monoisotopic (exact) mass is 586 g/mol. The minimum absolute atomic E-state index is 0.0705. The quantitative estimate of drug-likeness (QED) is 0.410. The molecule has 2 aliphatic carbocycles. The number of ether oxygens (including phenoxy) is 1. The van der Waals surface area contributed by atoms with E-state index >= 15 is 0 Å². The van der Waals surface area contributed by atoms with Crippen molar-refractivity contribution in [2.24, 2.45) is 17.8 Å². The van der Waals surface area contributed by atoms with Crippen LogP contribution in [0.3, 0.4) is 0 Å². The zero-order valence-corrected chi connectivity index (χ0v) is 22.6. The van der Waals surface area contributed by atoms with Crippen molar-refractivity contribution in [1.29, 1.82) is 0 Å². The molecule has 0 radical (unpaired) electrons. The molecule has 3 fully saturated rings. The smallest absolute Gasteiger partial charge is 0.313 e. The van der Waals surface area contributed by atoms with Crippen molar-refractivity contribution in [3.05, 3.63) is 58.4 Å². The highest BCUT2D eigenvalue weighted by molar-refractivity contribution is 7.92. The first-order chi connectivity index (χ1) is 18.4. The molecule has 2 aromatic carbocycles. The summed E-state index contributed by atoms with van der Waals surface area (Å²) in [5, 5.41) is 3.06. The van der Waals surface area contributed by atoms with Gasteiger partial charge in [0.15, 0.2) is 27.3 Å². The van der Waals surface area contributed by atoms with E-state index in [1.54, 1.807) is 12.1 Å². The molecule has 39 heavy (non-hydrogen) atoms. The molecule has 3 aliphatic rings. The molecule has 1 heterocycles. The van der Waals surface area contributed by atoms with E-state index in [4.69, 9.17) is 21.2 Å².